The van der Waals surface area contributed by atoms with Gasteiger partial charge in [0.05, 0.1) is 0 Å². The summed E-state index contributed by atoms with van der Waals surface area (Å²) in [6.07, 6.45) is 3.43. The van der Waals surface area contributed by atoms with Crippen molar-refractivity contribution in [2.75, 3.05) is 0 Å². The van der Waals surface area contributed by atoms with E-state index in [9.17, 15) is 8.78 Å². The molecule has 0 amide bonds. The van der Waals surface area contributed by atoms with Gasteiger partial charge in [0.15, 0.2) is 5.44 Å². The van der Waals surface area contributed by atoms with Crippen molar-refractivity contribution >= 4 is 24.0 Å². The summed E-state index contributed by atoms with van der Waals surface area (Å²) in [5, 5.41) is 2.75. The summed E-state index contributed by atoms with van der Waals surface area (Å²) in [5.74, 6) is -1.29. The van der Waals surface area contributed by atoms with Gasteiger partial charge in [-0.3, -0.25) is 8.78 Å². The Hall–Kier alpha value is -3.06. The maximum absolute atomic E-state index is 13.2. The largest absolute Gasteiger partial charge is 2.00 e. The zero-order valence-corrected chi connectivity index (χ0v) is 22.3. The van der Waals surface area contributed by atoms with E-state index in [2.05, 4.69) is 88.8 Å². The van der Waals surface area contributed by atoms with Crippen LogP contribution in [0.1, 0.15) is 0 Å². The second-order valence-electron chi connectivity index (χ2n) is 7.08. The molecule has 2 nitrogen and oxygen atoms in total. The van der Waals surface area contributed by atoms with Crippen molar-refractivity contribution in [1.82, 2.24) is 9.97 Å². The molecule has 0 atom stereocenters. The molecule has 0 radical (unpaired) electrons. The van der Waals surface area contributed by atoms with Crippen LogP contribution in [0.2, 0.25) is 0 Å². The summed E-state index contributed by atoms with van der Waals surface area (Å²) in [6.45, 7) is 0. The fourth-order valence-corrected chi connectivity index (χ4v) is 5.78. The summed E-state index contributed by atoms with van der Waals surface area (Å²) in [6, 6.07) is 37.1. The zero-order chi connectivity index (χ0) is 22.9. The number of hydrogen-bond acceptors (Lipinski definition) is 2. The third-order valence-corrected chi connectivity index (χ3v) is 7.45. The molecule has 2 heterocycles. The van der Waals surface area contributed by atoms with Gasteiger partial charge in [0, 0.05) is 30.1 Å². The molecule has 0 saturated heterocycles. The van der Waals surface area contributed by atoms with E-state index < -0.39 is 19.6 Å². The van der Waals surface area contributed by atoms with E-state index in [1.54, 1.807) is 24.4 Å². The first-order valence-electron chi connectivity index (χ1n) is 10.4. The van der Waals surface area contributed by atoms with E-state index >= 15 is 0 Å². The topological polar surface area (TPSA) is 25.8 Å². The third-order valence-electron chi connectivity index (χ3n) is 4.82. The average Bonchev–Trinajstić information content (AvgIpc) is 2.87. The van der Waals surface area contributed by atoms with Gasteiger partial charge in [0.2, 0.25) is 0 Å². The Balaban J connectivity index is 0.000000243. The molecule has 0 aliphatic rings. The number of hydrogen-bond donors (Lipinski definition) is 0. The monoisotopic (exact) mass is 664 g/mol. The molecule has 0 spiro atoms. The van der Waals surface area contributed by atoms with Gasteiger partial charge in [-0.05, 0) is 42.1 Å². The molecule has 0 bridgehead atoms. The van der Waals surface area contributed by atoms with Crippen molar-refractivity contribution in [2.45, 2.75) is 0 Å². The summed E-state index contributed by atoms with van der Waals surface area (Å²) < 4.78 is 25.8. The minimum atomic E-state index is -0.988. The number of aromatic nitrogens is 2. The maximum Gasteiger partial charge on any atom is 2.00 e. The smallest absolute Gasteiger partial charge is 0.358 e. The van der Waals surface area contributed by atoms with Crippen molar-refractivity contribution in [2.24, 2.45) is 0 Å². The van der Waals surface area contributed by atoms with Gasteiger partial charge in [0.1, 0.15) is 18.5 Å². The van der Waals surface area contributed by atoms with Crippen LogP contribution in [0, 0.1) is 25.1 Å². The molecule has 3 aromatic carbocycles. The Morgan fingerprint density at radius 1 is 0.657 bits per heavy atom. The quantitative estimate of drug-likeness (QED) is 0.178. The minimum Gasteiger partial charge on any atom is -0.358 e. The summed E-state index contributed by atoms with van der Waals surface area (Å²) >= 11 is 0. The van der Waals surface area contributed by atoms with Gasteiger partial charge < -0.3 is 12.4 Å². The second-order valence-corrected chi connectivity index (χ2v) is 9.49. The van der Waals surface area contributed by atoms with E-state index in [0.717, 1.165) is 12.1 Å². The van der Waals surface area contributed by atoms with Crippen molar-refractivity contribution in [3.63, 3.8) is 0 Å². The number of nitrogens with zero attached hydrogens (tertiary/aromatic N) is 2. The zero-order valence-electron chi connectivity index (χ0n) is 19.0. The van der Waals surface area contributed by atoms with Gasteiger partial charge in [-0.1, -0.05) is 66.2 Å². The van der Waals surface area contributed by atoms with Crippen LogP contribution in [0.4, 0.5) is 8.78 Å². The van der Waals surface area contributed by atoms with Crippen molar-refractivity contribution in [1.29, 1.82) is 0 Å². The molecule has 0 fully saturated rings. The predicted molar refractivity (Wildman–Crippen MR) is 139 cm³/mol. The van der Waals surface area contributed by atoms with Gasteiger partial charge >= 0.3 is 21.1 Å². The molecule has 0 aliphatic carbocycles. The molecule has 178 valence electrons. The van der Waals surface area contributed by atoms with Crippen LogP contribution >= 0.6 is 7.92 Å². The van der Waals surface area contributed by atoms with E-state index in [1.807, 2.05) is 12.3 Å². The molecule has 0 saturated carbocycles. The van der Waals surface area contributed by atoms with E-state index in [4.69, 9.17) is 0 Å². The molecule has 6 heteroatoms. The molecular formula is C29H24F2N2PPt+. The molecule has 0 N–H and O–H groups in total. The Labute approximate surface area is 221 Å². The van der Waals surface area contributed by atoms with Gasteiger partial charge in [-0.2, -0.15) is 0 Å². The molecule has 0 aliphatic heterocycles. The van der Waals surface area contributed by atoms with Crippen LogP contribution < -0.4 is 16.0 Å². The standard InChI is InChI=1S/C17H14NP.C11H6F2N.CH3.Pt/c1-3-9-15(10-4-1)19(16-11-5-2-6-12-16)17-13-7-8-14-18-17;12-8-4-5-9(10(13)7-8)11-3-1-2-6-14-11;;/h1-14H;1-4,6-7H;1H3;/q;2*-1;+2/p+1. The van der Waals surface area contributed by atoms with Gasteiger partial charge in [-0.25, -0.2) is 4.98 Å². The predicted octanol–water partition coefficient (Wildman–Crippen LogP) is 5.85. The third kappa shape index (κ3) is 7.72. The normalized spacial score (nSPS) is 9.80. The Kier molecular flexibility index (Phi) is 11.6. The summed E-state index contributed by atoms with van der Waals surface area (Å²) in [4.78, 5) is 8.52. The van der Waals surface area contributed by atoms with Crippen LogP contribution in [0.3, 0.4) is 0 Å². The Morgan fingerprint density at radius 2 is 1.20 bits per heavy atom. The first-order valence-corrected chi connectivity index (χ1v) is 11.9. The molecule has 2 aromatic heterocycles. The van der Waals surface area contributed by atoms with E-state index in [-0.39, 0.29) is 34.1 Å². The number of rotatable bonds is 4. The van der Waals surface area contributed by atoms with Gasteiger partial charge in [-0.15, -0.1) is 12.1 Å². The first kappa shape index (κ1) is 28.2. The number of benzene rings is 3. The second kappa shape index (κ2) is 14.4. The fraction of sp³-hybridized carbons (Fsp3) is 0. The molecular weight excluding hydrogens is 640 g/mol. The van der Waals surface area contributed by atoms with Crippen LogP contribution in [-0.2, 0) is 21.1 Å². The van der Waals surface area contributed by atoms with Crippen LogP contribution in [0.15, 0.2) is 122 Å². The van der Waals surface area contributed by atoms with Crippen LogP contribution in [0.25, 0.3) is 11.3 Å². The van der Waals surface area contributed by atoms with Crippen LogP contribution in [-0.4, -0.2) is 9.97 Å². The SMILES string of the molecule is Fc1c[c-]c(-c2ccccn2)c(F)c1.[CH3-].[Pt+2].c1ccc([PH+](c2ccccc2)c2ccccn2)cc1. The van der Waals surface area contributed by atoms with Crippen molar-refractivity contribution in [3.8, 4) is 11.3 Å². The van der Waals surface area contributed by atoms with E-state index in [0.29, 0.717) is 5.69 Å². The number of halogens is 2. The molecule has 0 unspecified atom stereocenters. The average molecular weight is 665 g/mol. The fourth-order valence-electron chi connectivity index (χ4n) is 3.33. The van der Waals surface area contributed by atoms with Crippen molar-refractivity contribution in [3.05, 3.63) is 147 Å². The molecule has 35 heavy (non-hydrogen) atoms. The minimum absolute atomic E-state index is 0. The van der Waals surface area contributed by atoms with Gasteiger partial charge in [0.25, 0.3) is 0 Å². The molecule has 5 aromatic rings. The summed E-state index contributed by atoms with van der Waals surface area (Å²) in [5.41, 5.74) is 1.82. The Morgan fingerprint density at radius 3 is 1.69 bits per heavy atom. The molecule has 5 rings (SSSR count). The van der Waals surface area contributed by atoms with Crippen LogP contribution in [0.5, 0.6) is 0 Å². The maximum atomic E-state index is 13.2. The Bertz CT molecular complexity index is 1180. The van der Waals surface area contributed by atoms with Crippen molar-refractivity contribution < 1.29 is 29.8 Å². The first-order chi connectivity index (χ1) is 16.2. The summed E-state index contributed by atoms with van der Waals surface area (Å²) in [7, 11) is -0.988. The van der Waals surface area contributed by atoms with E-state index in [1.165, 1.54) is 16.0 Å². The number of pyridine rings is 2.